The zero-order valence-electron chi connectivity index (χ0n) is 13.7. The van der Waals surface area contributed by atoms with E-state index in [-0.39, 0.29) is 23.4 Å². The molecule has 1 spiro atoms. The number of carbonyl (C=O) groups excluding carboxylic acids is 1. The predicted molar refractivity (Wildman–Crippen MR) is 88.5 cm³/mol. The van der Waals surface area contributed by atoms with Gasteiger partial charge in [-0.15, -0.1) is 0 Å². The van der Waals surface area contributed by atoms with Crippen LogP contribution in [0.15, 0.2) is 24.3 Å². The number of aliphatic hydroxyl groups is 1. The molecule has 4 atom stereocenters. The summed E-state index contributed by atoms with van der Waals surface area (Å²) in [6.07, 6.45) is 4.79. The van der Waals surface area contributed by atoms with Crippen LogP contribution in [0.3, 0.4) is 0 Å². The summed E-state index contributed by atoms with van der Waals surface area (Å²) in [5, 5.41) is 11.4. The van der Waals surface area contributed by atoms with E-state index in [0.717, 1.165) is 50.9 Å². The Labute approximate surface area is 137 Å². The third kappa shape index (κ3) is 1.52. The molecule has 1 saturated carbocycles. The fourth-order valence-electron chi connectivity index (χ4n) is 6.42. The number of para-hydroxylation sites is 1. The van der Waals surface area contributed by atoms with Gasteiger partial charge in [0.25, 0.3) is 0 Å². The molecule has 1 aromatic carbocycles. The molecule has 0 aromatic heterocycles. The second-order valence-corrected chi connectivity index (χ2v) is 7.90. The van der Waals surface area contributed by atoms with Gasteiger partial charge in [-0.25, -0.2) is 0 Å². The van der Waals surface area contributed by atoms with E-state index in [1.165, 1.54) is 5.56 Å². The molecule has 1 aliphatic carbocycles. The van der Waals surface area contributed by atoms with Crippen LogP contribution in [0.25, 0.3) is 0 Å². The second kappa shape index (κ2) is 4.37. The summed E-state index contributed by atoms with van der Waals surface area (Å²) in [5.41, 5.74) is 1.73. The van der Waals surface area contributed by atoms with Crippen LogP contribution in [-0.4, -0.2) is 46.7 Å². The van der Waals surface area contributed by atoms with Crippen LogP contribution in [0.5, 0.6) is 0 Å². The van der Waals surface area contributed by atoms with E-state index in [9.17, 15) is 9.90 Å². The van der Waals surface area contributed by atoms with Crippen molar-refractivity contribution in [2.24, 2.45) is 0 Å². The molecule has 3 heterocycles. The minimum atomic E-state index is -0.578. The molecule has 4 heteroatoms. The molecule has 3 fully saturated rings. The first-order valence-electron chi connectivity index (χ1n) is 8.94. The lowest BCUT2D eigenvalue weighted by molar-refractivity contribution is -0.123. The average molecular weight is 312 g/mol. The number of rotatable bonds is 0. The zero-order valence-corrected chi connectivity index (χ0v) is 13.7. The van der Waals surface area contributed by atoms with E-state index in [1.807, 2.05) is 11.0 Å². The number of piperidine rings is 1. The number of hydrogen-bond acceptors (Lipinski definition) is 3. The quantitative estimate of drug-likeness (QED) is 0.797. The summed E-state index contributed by atoms with van der Waals surface area (Å²) in [4.78, 5) is 17.0. The van der Waals surface area contributed by atoms with Crippen molar-refractivity contribution in [3.63, 3.8) is 0 Å². The standard InChI is InChI=1S/C19H24N2O2/c1-13(22)21-15-6-3-2-5-14(15)19-10-12-20-11-4-8-18(23,17(19)20)9-7-16(19)21/h2-3,5-6,16-17,23H,4,7-12H2,1H3/t16-,17-,18+,19-/m1/s1. The van der Waals surface area contributed by atoms with Gasteiger partial charge in [-0.2, -0.15) is 0 Å². The first-order valence-corrected chi connectivity index (χ1v) is 8.94. The van der Waals surface area contributed by atoms with Gasteiger partial charge in [0, 0.05) is 24.1 Å². The smallest absolute Gasteiger partial charge is 0.224 e. The molecule has 4 nitrogen and oxygen atoms in total. The van der Waals surface area contributed by atoms with Crippen molar-refractivity contribution in [3.8, 4) is 0 Å². The Morgan fingerprint density at radius 2 is 2.04 bits per heavy atom. The first-order chi connectivity index (χ1) is 11.1. The SMILES string of the molecule is CC(=O)N1c2ccccc2[C@]23CCN4CCC[C@](O)(CC[C@@H]12)[C@@H]43. The number of fused-ring (bicyclic) bond motifs is 1. The monoisotopic (exact) mass is 312 g/mol. The van der Waals surface area contributed by atoms with E-state index >= 15 is 0 Å². The van der Waals surface area contributed by atoms with Crippen LogP contribution in [0.4, 0.5) is 5.69 Å². The van der Waals surface area contributed by atoms with Crippen molar-refractivity contribution in [1.29, 1.82) is 0 Å². The van der Waals surface area contributed by atoms with Gasteiger partial charge in [-0.3, -0.25) is 9.69 Å². The van der Waals surface area contributed by atoms with Gasteiger partial charge in [-0.05, 0) is 56.8 Å². The third-order valence-corrected chi connectivity index (χ3v) is 6.99. The largest absolute Gasteiger partial charge is 0.388 e. The van der Waals surface area contributed by atoms with Gasteiger partial charge in [0.15, 0.2) is 0 Å². The van der Waals surface area contributed by atoms with Gasteiger partial charge in [-0.1, -0.05) is 18.2 Å². The summed E-state index contributed by atoms with van der Waals surface area (Å²) >= 11 is 0. The molecule has 2 saturated heterocycles. The lowest BCUT2D eigenvalue weighted by Crippen LogP contribution is -2.68. The average Bonchev–Trinajstić information content (AvgIpc) is 3.06. The van der Waals surface area contributed by atoms with Crippen molar-refractivity contribution < 1.29 is 9.90 Å². The molecule has 1 aromatic rings. The van der Waals surface area contributed by atoms with Gasteiger partial charge in [0.1, 0.15) is 0 Å². The Bertz CT molecular complexity index is 690. The molecule has 1 N–H and O–H groups in total. The van der Waals surface area contributed by atoms with E-state index in [2.05, 4.69) is 23.1 Å². The fourth-order valence-corrected chi connectivity index (χ4v) is 6.42. The first kappa shape index (κ1) is 14.0. The molecule has 122 valence electrons. The normalized spacial score (nSPS) is 41.4. The lowest BCUT2D eigenvalue weighted by atomic mass is 9.58. The number of benzene rings is 1. The molecule has 23 heavy (non-hydrogen) atoms. The Hall–Kier alpha value is -1.39. The highest BCUT2D eigenvalue weighted by atomic mass is 16.3. The number of nitrogens with zero attached hydrogens (tertiary/aromatic N) is 2. The van der Waals surface area contributed by atoms with Crippen molar-refractivity contribution >= 4 is 11.6 Å². The number of carbonyl (C=O) groups is 1. The van der Waals surface area contributed by atoms with Crippen molar-refractivity contribution in [1.82, 2.24) is 4.90 Å². The van der Waals surface area contributed by atoms with Crippen molar-refractivity contribution in [3.05, 3.63) is 29.8 Å². The molecule has 4 aliphatic rings. The van der Waals surface area contributed by atoms with Crippen molar-refractivity contribution in [2.45, 2.75) is 62.1 Å². The van der Waals surface area contributed by atoms with E-state index in [4.69, 9.17) is 0 Å². The zero-order chi connectivity index (χ0) is 15.8. The maximum Gasteiger partial charge on any atom is 0.224 e. The minimum Gasteiger partial charge on any atom is -0.388 e. The molecular formula is C19H24N2O2. The summed E-state index contributed by atoms with van der Waals surface area (Å²) < 4.78 is 0. The molecule has 0 radical (unpaired) electrons. The summed E-state index contributed by atoms with van der Waals surface area (Å²) in [7, 11) is 0. The highest BCUT2D eigenvalue weighted by molar-refractivity contribution is 5.96. The van der Waals surface area contributed by atoms with Gasteiger partial charge < -0.3 is 10.0 Å². The molecule has 1 amide bonds. The fraction of sp³-hybridized carbons (Fsp3) is 0.632. The molecule has 5 rings (SSSR count). The molecule has 0 unspecified atom stereocenters. The van der Waals surface area contributed by atoms with E-state index in [0.29, 0.717) is 0 Å². The number of anilines is 1. The summed E-state index contributed by atoms with van der Waals surface area (Å²) in [5.74, 6) is 0.138. The van der Waals surface area contributed by atoms with Gasteiger partial charge in [0.05, 0.1) is 11.6 Å². The highest BCUT2D eigenvalue weighted by Crippen LogP contribution is 2.61. The molecular weight excluding hydrogens is 288 g/mol. The van der Waals surface area contributed by atoms with Crippen LogP contribution < -0.4 is 4.90 Å². The minimum absolute atomic E-state index is 0.0737. The molecule has 0 bridgehead atoms. The number of amides is 1. The lowest BCUT2D eigenvalue weighted by Gasteiger charge is -2.56. The maximum atomic E-state index is 12.4. The van der Waals surface area contributed by atoms with Crippen LogP contribution in [0.2, 0.25) is 0 Å². The Kier molecular flexibility index (Phi) is 2.66. The van der Waals surface area contributed by atoms with Crippen LogP contribution in [0.1, 0.15) is 44.6 Å². The maximum absolute atomic E-state index is 12.4. The third-order valence-electron chi connectivity index (χ3n) is 6.99. The summed E-state index contributed by atoms with van der Waals surface area (Å²) in [6.45, 7) is 3.82. The predicted octanol–water partition coefficient (Wildman–Crippen LogP) is 2.05. The Balaban J connectivity index is 1.75. The molecule has 3 aliphatic heterocycles. The van der Waals surface area contributed by atoms with E-state index < -0.39 is 5.60 Å². The van der Waals surface area contributed by atoms with Crippen molar-refractivity contribution in [2.75, 3.05) is 18.0 Å². The van der Waals surface area contributed by atoms with E-state index in [1.54, 1.807) is 6.92 Å². The second-order valence-electron chi connectivity index (χ2n) is 7.90. The van der Waals surface area contributed by atoms with Crippen LogP contribution >= 0.6 is 0 Å². The van der Waals surface area contributed by atoms with Gasteiger partial charge >= 0.3 is 0 Å². The number of hydrogen-bond donors (Lipinski definition) is 1. The van der Waals surface area contributed by atoms with Crippen LogP contribution in [0, 0.1) is 0 Å². The summed E-state index contributed by atoms with van der Waals surface area (Å²) in [6, 6.07) is 8.80. The topological polar surface area (TPSA) is 43.8 Å². The Morgan fingerprint density at radius 1 is 1.22 bits per heavy atom. The Morgan fingerprint density at radius 3 is 2.87 bits per heavy atom. The highest BCUT2D eigenvalue weighted by Gasteiger charge is 2.68. The van der Waals surface area contributed by atoms with Crippen LogP contribution in [-0.2, 0) is 10.2 Å². The van der Waals surface area contributed by atoms with Gasteiger partial charge in [0.2, 0.25) is 5.91 Å².